The molecule has 0 bridgehead atoms. The summed E-state index contributed by atoms with van der Waals surface area (Å²) in [7, 11) is 0. The molecule has 0 fully saturated rings. The molecule has 9 heteroatoms. The van der Waals surface area contributed by atoms with Gasteiger partial charge in [-0.15, -0.1) is 0 Å². The third-order valence-electron chi connectivity index (χ3n) is 4.77. The number of nitrogens with two attached hydrogens (primary N) is 2. The number of amides is 4. The molecular formula is C22H20N6O3. The van der Waals surface area contributed by atoms with Crippen LogP contribution in [0.2, 0.25) is 0 Å². The Morgan fingerprint density at radius 3 is 2.48 bits per heavy atom. The largest absolute Gasteiger partial charge is 0.361 e. The fourth-order valence-corrected chi connectivity index (χ4v) is 3.52. The Labute approximate surface area is 177 Å². The normalized spacial score (nSPS) is 13.9. The Morgan fingerprint density at radius 2 is 1.77 bits per heavy atom. The van der Waals surface area contributed by atoms with E-state index in [4.69, 9.17) is 11.5 Å². The predicted molar refractivity (Wildman–Crippen MR) is 119 cm³/mol. The van der Waals surface area contributed by atoms with Gasteiger partial charge in [-0.1, -0.05) is 12.1 Å². The molecule has 4 rings (SSSR count). The molecule has 1 aliphatic rings. The van der Waals surface area contributed by atoms with Gasteiger partial charge in [0.2, 0.25) is 5.91 Å². The van der Waals surface area contributed by atoms with Gasteiger partial charge in [0.05, 0.1) is 12.1 Å². The first-order valence-electron chi connectivity index (χ1n) is 9.47. The van der Waals surface area contributed by atoms with Crippen molar-refractivity contribution >= 4 is 46.1 Å². The van der Waals surface area contributed by atoms with Crippen molar-refractivity contribution in [2.24, 2.45) is 11.5 Å². The summed E-state index contributed by atoms with van der Waals surface area (Å²) >= 11 is 0. The minimum absolute atomic E-state index is 0.139. The zero-order valence-electron chi connectivity index (χ0n) is 16.4. The molecule has 1 aliphatic heterocycles. The number of hydrogen-bond acceptors (Lipinski definition) is 4. The highest BCUT2D eigenvalue weighted by molar-refractivity contribution is 6.38. The van der Waals surface area contributed by atoms with E-state index < -0.39 is 6.03 Å². The van der Waals surface area contributed by atoms with E-state index in [-0.39, 0.29) is 18.4 Å². The molecule has 8 N–H and O–H groups in total. The molecule has 0 unspecified atom stereocenters. The van der Waals surface area contributed by atoms with Gasteiger partial charge in [-0.25, -0.2) is 4.79 Å². The molecule has 0 spiro atoms. The number of aromatic nitrogens is 1. The van der Waals surface area contributed by atoms with Gasteiger partial charge in [0.1, 0.15) is 0 Å². The zero-order valence-corrected chi connectivity index (χ0v) is 16.4. The first kappa shape index (κ1) is 19.9. The van der Waals surface area contributed by atoms with E-state index in [1.807, 2.05) is 18.2 Å². The van der Waals surface area contributed by atoms with Crippen LogP contribution >= 0.6 is 0 Å². The number of hydrogen-bond donors (Lipinski definition) is 6. The number of carbonyl (C=O) groups is 3. The molecule has 1 aromatic heterocycles. The van der Waals surface area contributed by atoms with Crippen LogP contribution < -0.4 is 27.4 Å². The molecule has 2 aromatic carbocycles. The van der Waals surface area contributed by atoms with Gasteiger partial charge in [0.25, 0.3) is 5.91 Å². The number of carbonyl (C=O) groups excluding carboxylic acids is 3. The maximum atomic E-state index is 13.0. The second-order valence-electron chi connectivity index (χ2n) is 6.87. The first-order valence-corrected chi connectivity index (χ1v) is 9.47. The van der Waals surface area contributed by atoms with Crippen molar-refractivity contribution in [1.29, 1.82) is 0 Å². The molecule has 0 radical (unpaired) electrons. The van der Waals surface area contributed by atoms with Crippen molar-refractivity contribution < 1.29 is 14.4 Å². The lowest BCUT2D eigenvalue weighted by Gasteiger charge is -2.13. The Bertz CT molecular complexity index is 1210. The summed E-state index contributed by atoms with van der Waals surface area (Å²) in [6, 6.07) is 15.2. The Hall–Kier alpha value is -4.37. The van der Waals surface area contributed by atoms with Crippen molar-refractivity contribution in [2.75, 3.05) is 22.5 Å². The molecule has 31 heavy (non-hydrogen) atoms. The van der Waals surface area contributed by atoms with Gasteiger partial charge in [0, 0.05) is 40.1 Å². The lowest BCUT2D eigenvalue weighted by Crippen LogP contribution is -2.21. The average molecular weight is 416 g/mol. The summed E-state index contributed by atoms with van der Waals surface area (Å²) in [6.45, 7) is -0.139. The number of primary amides is 1. The standard InChI is InChI=1S/C22H20N6O3/c23-11-18(29)26-13-4-1-3-12(9-13)19(17-5-2-8-25-17)20-15-10-14(27-22(24)31)6-7-16(15)28-21(20)30/h1-10,25H,11,23H2,(H,26,29)(H,28,30)(H3,24,27,31). The van der Waals surface area contributed by atoms with Gasteiger partial charge in [-0.3, -0.25) is 9.59 Å². The fraction of sp³-hybridized carbons (Fsp3) is 0.0455. The SMILES string of the molecule is NCC(=O)Nc1cccc(C(=C2C(=O)Nc3ccc(NC(N)=O)cc32)c2ccc[nH]2)c1. The minimum Gasteiger partial charge on any atom is -0.361 e. The summed E-state index contributed by atoms with van der Waals surface area (Å²) in [5.41, 5.74) is 15.4. The van der Waals surface area contributed by atoms with Crippen molar-refractivity contribution in [3.8, 4) is 0 Å². The molecule has 4 amide bonds. The summed E-state index contributed by atoms with van der Waals surface area (Å²) in [5.74, 6) is -0.607. The molecular weight excluding hydrogens is 396 g/mol. The van der Waals surface area contributed by atoms with Crippen molar-refractivity contribution in [3.63, 3.8) is 0 Å². The molecule has 0 aliphatic carbocycles. The van der Waals surface area contributed by atoms with E-state index >= 15 is 0 Å². The average Bonchev–Trinajstić information content (AvgIpc) is 3.37. The topological polar surface area (TPSA) is 155 Å². The van der Waals surface area contributed by atoms with Gasteiger partial charge in [-0.05, 0) is 48.0 Å². The maximum absolute atomic E-state index is 13.0. The number of aromatic amines is 1. The number of urea groups is 1. The lowest BCUT2D eigenvalue weighted by atomic mass is 9.92. The number of anilines is 3. The molecule has 0 saturated carbocycles. The van der Waals surface area contributed by atoms with E-state index in [0.717, 1.165) is 0 Å². The van der Waals surface area contributed by atoms with E-state index in [9.17, 15) is 14.4 Å². The highest BCUT2D eigenvalue weighted by Gasteiger charge is 2.29. The van der Waals surface area contributed by atoms with E-state index in [1.165, 1.54) is 0 Å². The number of fused-ring (bicyclic) bond motifs is 1. The van der Waals surface area contributed by atoms with Crippen LogP contribution in [-0.4, -0.2) is 29.4 Å². The van der Waals surface area contributed by atoms with Crippen LogP contribution in [-0.2, 0) is 9.59 Å². The monoisotopic (exact) mass is 416 g/mol. The Kier molecular flexibility index (Phi) is 5.25. The number of H-pyrrole nitrogens is 1. The number of rotatable bonds is 5. The Morgan fingerprint density at radius 1 is 0.968 bits per heavy atom. The number of benzene rings is 2. The van der Waals surface area contributed by atoms with Gasteiger partial charge in [-0.2, -0.15) is 0 Å². The van der Waals surface area contributed by atoms with Crippen molar-refractivity contribution in [2.45, 2.75) is 0 Å². The van der Waals surface area contributed by atoms with Crippen LogP contribution in [0.1, 0.15) is 16.8 Å². The zero-order chi connectivity index (χ0) is 22.0. The third kappa shape index (κ3) is 4.02. The quantitative estimate of drug-likeness (QED) is 0.353. The molecule has 9 nitrogen and oxygen atoms in total. The van der Waals surface area contributed by atoms with Crippen LogP contribution in [0.25, 0.3) is 11.1 Å². The summed E-state index contributed by atoms with van der Waals surface area (Å²) in [4.78, 5) is 39.2. The number of nitrogens with one attached hydrogen (secondary N) is 4. The summed E-state index contributed by atoms with van der Waals surface area (Å²) in [6.07, 6.45) is 1.76. The lowest BCUT2D eigenvalue weighted by molar-refractivity contribution is -0.115. The van der Waals surface area contributed by atoms with Crippen LogP contribution in [0, 0.1) is 0 Å². The van der Waals surface area contributed by atoms with Crippen LogP contribution in [0.15, 0.2) is 60.8 Å². The van der Waals surface area contributed by atoms with E-state index in [0.29, 0.717) is 45.0 Å². The van der Waals surface area contributed by atoms with Crippen LogP contribution in [0.3, 0.4) is 0 Å². The van der Waals surface area contributed by atoms with E-state index in [1.54, 1.807) is 42.6 Å². The summed E-state index contributed by atoms with van der Waals surface area (Å²) < 4.78 is 0. The Balaban J connectivity index is 1.91. The van der Waals surface area contributed by atoms with Crippen molar-refractivity contribution in [1.82, 2.24) is 4.98 Å². The van der Waals surface area contributed by atoms with E-state index in [2.05, 4.69) is 20.9 Å². The molecule has 0 saturated heterocycles. The second kappa shape index (κ2) is 8.17. The first-order chi connectivity index (χ1) is 15.0. The van der Waals surface area contributed by atoms with Crippen molar-refractivity contribution in [3.05, 3.63) is 77.6 Å². The smallest absolute Gasteiger partial charge is 0.316 e. The fourth-order valence-electron chi connectivity index (χ4n) is 3.52. The van der Waals surface area contributed by atoms with Gasteiger partial charge < -0.3 is 32.4 Å². The minimum atomic E-state index is -0.698. The van der Waals surface area contributed by atoms with Gasteiger partial charge >= 0.3 is 6.03 Å². The molecule has 0 atom stereocenters. The summed E-state index contributed by atoms with van der Waals surface area (Å²) in [5, 5.41) is 8.11. The van der Waals surface area contributed by atoms with Gasteiger partial charge in [0.15, 0.2) is 0 Å². The highest BCUT2D eigenvalue weighted by Crippen LogP contribution is 2.41. The van der Waals surface area contributed by atoms with Crippen LogP contribution in [0.5, 0.6) is 0 Å². The second-order valence-corrected chi connectivity index (χ2v) is 6.87. The maximum Gasteiger partial charge on any atom is 0.316 e. The van der Waals surface area contributed by atoms with Crippen LogP contribution in [0.4, 0.5) is 21.9 Å². The molecule has 3 aromatic rings. The third-order valence-corrected chi connectivity index (χ3v) is 4.77. The molecule has 2 heterocycles. The predicted octanol–water partition coefficient (Wildman–Crippen LogP) is 2.31. The molecule has 156 valence electrons. The highest BCUT2D eigenvalue weighted by atomic mass is 16.2.